The van der Waals surface area contributed by atoms with E-state index in [-0.39, 0.29) is 6.04 Å². The zero-order chi connectivity index (χ0) is 9.14. The van der Waals surface area contributed by atoms with Gasteiger partial charge in [-0.05, 0) is 40.2 Å². The minimum absolute atomic E-state index is 0.207. The lowest BCUT2D eigenvalue weighted by Crippen LogP contribution is -2.47. The lowest BCUT2D eigenvalue weighted by Gasteiger charge is -2.37. The van der Waals surface area contributed by atoms with E-state index in [0.29, 0.717) is 11.8 Å². The molecule has 70 valence electrons. The first-order chi connectivity index (χ1) is 5.63. The molecule has 1 fully saturated rings. The Hall–Kier alpha value is -0.370. The van der Waals surface area contributed by atoms with E-state index in [2.05, 4.69) is 18.7 Å². The standard InChI is InChI=1S/C10H19NO/c1-8(2)11-7-5-4-6-10(11)9(3)12/h8,10H,4-7H2,1-3H3/t10-/m1/s1. The maximum absolute atomic E-state index is 11.3. The fourth-order valence-electron chi connectivity index (χ4n) is 2.01. The van der Waals surface area contributed by atoms with Crippen LogP contribution in [0.1, 0.15) is 40.0 Å². The molecule has 0 aromatic rings. The molecule has 2 heteroatoms. The zero-order valence-electron chi connectivity index (χ0n) is 8.34. The van der Waals surface area contributed by atoms with Gasteiger partial charge in [0, 0.05) is 6.04 Å². The number of carbonyl (C=O) groups excluding carboxylic acids is 1. The van der Waals surface area contributed by atoms with E-state index >= 15 is 0 Å². The van der Waals surface area contributed by atoms with Crippen LogP contribution in [0.5, 0.6) is 0 Å². The molecule has 0 aromatic heterocycles. The van der Waals surface area contributed by atoms with Gasteiger partial charge in [-0.25, -0.2) is 0 Å². The number of Topliss-reactive ketones (excluding diaryl/α,β-unsaturated/α-hetero) is 1. The molecule has 0 radical (unpaired) electrons. The number of hydrogen-bond donors (Lipinski definition) is 0. The highest BCUT2D eigenvalue weighted by Crippen LogP contribution is 2.19. The summed E-state index contributed by atoms with van der Waals surface area (Å²) in [6.07, 6.45) is 3.53. The molecule has 12 heavy (non-hydrogen) atoms. The summed E-state index contributed by atoms with van der Waals surface area (Å²) in [6.45, 7) is 7.15. The van der Waals surface area contributed by atoms with E-state index in [0.717, 1.165) is 13.0 Å². The zero-order valence-corrected chi connectivity index (χ0v) is 8.34. The van der Waals surface area contributed by atoms with Gasteiger partial charge in [0.05, 0.1) is 6.04 Å². The van der Waals surface area contributed by atoms with E-state index < -0.39 is 0 Å². The number of likely N-dealkylation sites (tertiary alicyclic amines) is 1. The third kappa shape index (κ3) is 2.07. The van der Waals surface area contributed by atoms with Gasteiger partial charge in [-0.3, -0.25) is 9.69 Å². The fourth-order valence-corrected chi connectivity index (χ4v) is 2.01. The van der Waals surface area contributed by atoms with Crippen LogP contribution in [0, 0.1) is 0 Å². The third-order valence-corrected chi connectivity index (χ3v) is 2.68. The van der Waals surface area contributed by atoms with Crippen molar-refractivity contribution in [3.63, 3.8) is 0 Å². The highest BCUT2D eigenvalue weighted by molar-refractivity contribution is 5.81. The molecular weight excluding hydrogens is 150 g/mol. The van der Waals surface area contributed by atoms with Gasteiger partial charge in [0.15, 0.2) is 0 Å². The quantitative estimate of drug-likeness (QED) is 0.628. The largest absolute Gasteiger partial charge is 0.298 e. The number of ketones is 1. The van der Waals surface area contributed by atoms with Gasteiger partial charge < -0.3 is 0 Å². The Morgan fingerprint density at radius 2 is 2.08 bits per heavy atom. The molecule has 2 nitrogen and oxygen atoms in total. The summed E-state index contributed by atoms with van der Waals surface area (Å²) < 4.78 is 0. The SMILES string of the molecule is CC(=O)[C@H]1CCCCN1C(C)C. The maximum Gasteiger partial charge on any atom is 0.146 e. The van der Waals surface area contributed by atoms with E-state index in [4.69, 9.17) is 0 Å². The Morgan fingerprint density at radius 1 is 1.42 bits per heavy atom. The fraction of sp³-hybridized carbons (Fsp3) is 0.900. The van der Waals surface area contributed by atoms with Crippen molar-refractivity contribution in [2.24, 2.45) is 0 Å². The van der Waals surface area contributed by atoms with Crippen molar-refractivity contribution in [1.82, 2.24) is 4.90 Å². The Morgan fingerprint density at radius 3 is 2.50 bits per heavy atom. The predicted molar refractivity (Wildman–Crippen MR) is 50.2 cm³/mol. The van der Waals surface area contributed by atoms with E-state index in [1.807, 2.05) is 0 Å². The van der Waals surface area contributed by atoms with Gasteiger partial charge in [0.1, 0.15) is 5.78 Å². The van der Waals surface area contributed by atoms with Crippen LogP contribution >= 0.6 is 0 Å². The first kappa shape index (κ1) is 9.72. The summed E-state index contributed by atoms with van der Waals surface area (Å²) in [6, 6.07) is 0.720. The smallest absolute Gasteiger partial charge is 0.146 e. The highest BCUT2D eigenvalue weighted by atomic mass is 16.1. The number of hydrogen-bond acceptors (Lipinski definition) is 2. The monoisotopic (exact) mass is 169 g/mol. The molecule has 1 heterocycles. The van der Waals surface area contributed by atoms with Crippen LogP contribution < -0.4 is 0 Å². The molecule has 1 aliphatic rings. The van der Waals surface area contributed by atoms with E-state index in [1.54, 1.807) is 6.92 Å². The van der Waals surface area contributed by atoms with Gasteiger partial charge in [-0.15, -0.1) is 0 Å². The van der Waals surface area contributed by atoms with Gasteiger partial charge in [-0.1, -0.05) is 6.42 Å². The second-order valence-electron chi connectivity index (χ2n) is 3.95. The first-order valence-electron chi connectivity index (χ1n) is 4.89. The Labute approximate surface area is 74.9 Å². The average Bonchev–Trinajstić information content (AvgIpc) is 2.04. The lowest BCUT2D eigenvalue weighted by atomic mass is 9.98. The molecule has 1 aliphatic heterocycles. The van der Waals surface area contributed by atoms with Gasteiger partial charge in [-0.2, -0.15) is 0 Å². The van der Waals surface area contributed by atoms with Gasteiger partial charge >= 0.3 is 0 Å². The molecule has 0 unspecified atom stereocenters. The van der Waals surface area contributed by atoms with Crippen molar-refractivity contribution in [3.05, 3.63) is 0 Å². The first-order valence-corrected chi connectivity index (χ1v) is 4.89. The van der Waals surface area contributed by atoms with Crippen molar-refractivity contribution in [2.75, 3.05) is 6.54 Å². The van der Waals surface area contributed by atoms with Crippen molar-refractivity contribution < 1.29 is 4.79 Å². The Kier molecular flexibility index (Phi) is 3.27. The van der Waals surface area contributed by atoms with Crippen LogP contribution in [0.2, 0.25) is 0 Å². The summed E-state index contributed by atoms with van der Waals surface area (Å²) in [4.78, 5) is 13.6. The molecule has 0 aliphatic carbocycles. The molecular formula is C10H19NO. The molecule has 0 saturated carbocycles. The number of rotatable bonds is 2. The summed E-state index contributed by atoms with van der Waals surface area (Å²) in [5, 5.41) is 0. The topological polar surface area (TPSA) is 20.3 Å². The predicted octanol–water partition coefficient (Wildman–Crippen LogP) is 1.84. The van der Waals surface area contributed by atoms with Crippen LogP contribution in [0.25, 0.3) is 0 Å². The van der Waals surface area contributed by atoms with Crippen molar-refractivity contribution in [3.8, 4) is 0 Å². The molecule has 0 bridgehead atoms. The van der Waals surface area contributed by atoms with Gasteiger partial charge in [0.2, 0.25) is 0 Å². The Bertz CT molecular complexity index is 165. The average molecular weight is 169 g/mol. The molecule has 1 atom stereocenters. The van der Waals surface area contributed by atoms with Crippen molar-refractivity contribution in [2.45, 2.75) is 52.1 Å². The number of piperidine rings is 1. The van der Waals surface area contributed by atoms with Crippen molar-refractivity contribution >= 4 is 5.78 Å². The highest BCUT2D eigenvalue weighted by Gasteiger charge is 2.27. The van der Waals surface area contributed by atoms with Crippen LogP contribution in [0.3, 0.4) is 0 Å². The Balaban J connectivity index is 2.60. The normalized spacial score (nSPS) is 26.2. The minimum Gasteiger partial charge on any atom is -0.298 e. The maximum atomic E-state index is 11.3. The number of nitrogens with zero attached hydrogens (tertiary/aromatic N) is 1. The van der Waals surface area contributed by atoms with Crippen molar-refractivity contribution in [1.29, 1.82) is 0 Å². The van der Waals surface area contributed by atoms with E-state index in [1.165, 1.54) is 12.8 Å². The molecule has 0 aromatic carbocycles. The second kappa shape index (κ2) is 4.04. The van der Waals surface area contributed by atoms with Crippen LogP contribution in [-0.4, -0.2) is 29.3 Å². The van der Waals surface area contributed by atoms with E-state index in [9.17, 15) is 4.79 Å². The van der Waals surface area contributed by atoms with Crippen LogP contribution in [0.15, 0.2) is 0 Å². The second-order valence-corrected chi connectivity index (χ2v) is 3.95. The van der Waals surface area contributed by atoms with Crippen LogP contribution in [-0.2, 0) is 4.79 Å². The van der Waals surface area contributed by atoms with Crippen LogP contribution in [0.4, 0.5) is 0 Å². The third-order valence-electron chi connectivity index (χ3n) is 2.68. The summed E-state index contributed by atoms with van der Waals surface area (Å²) in [7, 11) is 0. The van der Waals surface area contributed by atoms with Gasteiger partial charge in [0.25, 0.3) is 0 Å². The molecule has 0 amide bonds. The lowest BCUT2D eigenvalue weighted by molar-refractivity contribution is -0.124. The number of carbonyl (C=O) groups is 1. The molecule has 0 spiro atoms. The molecule has 0 N–H and O–H groups in total. The summed E-state index contributed by atoms with van der Waals surface area (Å²) in [5.41, 5.74) is 0. The molecule has 1 rings (SSSR count). The summed E-state index contributed by atoms with van der Waals surface area (Å²) >= 11 is 0. The minimum atomic E-state index is 0.207. The molecule has 1 saturated heterocycles. The summed E-state index contributed by atoms with van der Waals surface area (Å²) in [5.74, 6) is 0.336.